The molecule has 1 heterocycles. The Morgan fingerprint density at radius 1 is 1.24 bits per heavy atom. The molecule has 0 spiro atoms. The van der Waals surface area contributed by atoms with Gasteiger partial charge < -0.3 is 9.26 Å². The molecule has 1 unspecified atom stereocenters. The van der Waals surface area contributed by atoms with Gasteiger partial charge >= 0.3 is 11.8 Å². The Labute approximate surface area is 138 Å². The van der Waals surface area contributed by atoms with Crippen LogP contribution >= 0.6 is 40.1 Å². The zero-order chi connectivity index (χ0) is 15.7. The van der Waals surface area contributed by atoms with Crippen molar-refractivity contribution >= 4 is 40.1 Å². The van der Waals surface area contributed by atoms with Gasteiger partial charge in [0, 0.05) is 11.5 Å². The highest BCUT2D eigenvalue weighted by molar-refractivity contribution is 8.89. The lowest BCUT2D eigenvalue weighted by Gasteiger charge is -2.15. The van der Waals surface area contributed by atoms with Crippen LogP contribution in [0.25, 0.3) is 0 Å². The van der Waals surface area contributed by atoms with Gasteiger partial charge in [0.15, 0.2) is 0 Å². The molecule has 0 amide bonds. The summed E-state index contributed by atoms with van der Waals surface area (Å²) in [7, 11) is 0. The van der Waals surface area contributed by atoms with E-state index in [1.54, 1.807) is 6.07 Å². The number of halogens is 1. The first kappa shape index (κ1) is 19.1. The highest BCUT2D eigenvalue weighted by Crippen LogP contribution is 2.70. The fourth-order valence-electron chi connectivity index (χ4n) is 1.33. The van der Waals surface area contributed by atoms with Gasteiger partial charge in [-0.15, -0.1) is 0 Å². The molecule has 0 saturated carbocycles. The van der Waals surface area contributed by atoms with Crippen molar-refractivity contribution in [2.45, 2.75) is 32.9 Å². The molecule has 0 bridgehead atoms. The maximum Gasteiger partial charge on any atom is 0.318 e. The summed E-state index contributed by atoms with van der Waals surface area (Å²) in [5, 5.41) is 0.316. The van der Waals surface area contributed by atoms with E-state index in [9.17, 15) is 4.57 Å². The largest absolute Gasteiger partial charge is 0.464 e. The van der Waals surface area contributed by atoms with Crippen molar-refractivity contribution in [1.82, 2.24) is 9.97 Å². The summed E-state index contributed by atoms with van der Waals surface area (Å²) >= 11 is 8.58. The molecule has 0 fully saturated rings. The smallest absolute Gasteiger partial charge is 0.318 e. The highest BCUT2D eigenvalue weighted by atomic mass is 35.5. The molecule has 5 nitrogen and oxygen atoms in total. The van der Waals surface area contributed by atoms with Gasteiger partial charge in [-0.05, 0) is 26.3 Å². The van der Waals surface area contributed by atoms with Crippen molar-refractivity contribution < 1.29 is 13.8 Å². The number of hydrogen-bond donors (Lipinski definition) is 0. The molecule has 0 radical (unpaired) electrons. The van der Waals surface area contributed by atoms with Gasteiger partial charge in [0.2, 0.25) is 0 Å². The normalized spacial score (nSPS) is 13.9. The summed E-state index contributed by atoms with van der Waals surface area (Å²) in [6, 6.07) is 1.89. The Kier molecular flexibility index (Phi) is 9.06. The molecule has 0 saturated heterocycles. The van der Waals surface area contributed by atoms with Gasteiger partial charge in [-0.2, -0.15) is 9.97 Å². The summed E-state index contributed by atoms with van der Waals surface area (Å²) in [6.45, 7) is 6.64. The SMILES string of the molecule is CCCSP(=O)(OCC)SCc1cc(Cl)nc(OCC)n1. The van der Waals surface area contributed by atoms with Crippen molar-refractivity contribution in [3.05, 3.63) is 16.9 Å². The van der Waals surface area contributed by atoms with Gasteiger partial charge in [0.05, 0.1) is 18.9 Å². The Morgan fingerprint density at radius 3 is 2.62 bits per heavy atom. The van der Waals surface area contributed by atoms with E-state index in [0.29, 0.717) is 29.8 Å². The standard InChI is InChI=1S/C12H20ClN2O3PS2/c1-4-7-20-19(16,18-6-3)21-9-10-8-11(13)15-12(14-10)17-5-2/h8H,4-7,9H2,1-3H3. The van der Waals surface area contributed by atoms with E-state index in [-0.39, 0.29) is 6.01 Å². The maximum absolute atomic E-state index is 12.6. The third kappa shape index (κ3) is 7.24. The minimum atomic E-state index is -2.76. The van der Waals surface area contributed by atoms with E-state index in [1.165, 1.54) is 22.8 Å². The Balaban J connectivity index is 2.72. The van der Waals surface area contributed by atoms with Crippen LogP contribution in [-0.4, -0.2) is 28.9 Å². The molecule has 0 aliphatic rings. The molecular formula is C12H20ClN2O3PS2. The van der Waals surface area contributed by atoms with Gasteiger partial charge in [-0.1, -0.05) is 41.3 Å². The molecular weight excluding hydrogens is 351 g/mol. The second-order valence-electron chi connectivity index (χ2n) is 3.87. The summed E-state index contributed by atoms with van der Waals surface area (Å²) in [5.74, 6) is -1.51. The van der Waals surface area contributed by atoms with Gasteiger partial charge in [-0.3, -0.25) is 4.57 Å². The first-order chi connectivity index (χ1) is 10.0. The van der Waals surface area contributed by atoms with Crippen molar-refractivity contribution in [1.29, 1.82) is 0 Å². The van der Waals surface area contributed by atoms with Gasteiger partial charge in [0.1, 0.15) is 5.15 Å². The summed E-state index contributed by atoms with van der Waals surface area (Å²) in [6.07, 6.45) is 0.954. The fraction of sp³-hybridized carbons (Fsp3) is 0.667. The predicted octanol–water partition coefficient (Wildman–Crippen LogP) is 5.05. The van der Waals surface area contributed by atoms with Crippen LogP contribution in [0, 0.1) is 0 Å². The van der Waals surface area contributed by atoms with E-state index < -0.39 is 5.77 Å². The van der Waals surface area contributed by atoms with Gasteiger partial charge in [0.25, 0.3) is 0 Å². The molecule has 1 rings (SSSR count). The zero-order valence-corrected chi connectivity index (χ0v) is 15.7. The number of rotatable bonds is 10. The summed E-state index contributed by atoms with van der Waals surface area (Å²) in [4.78, 5) is 8.21. The fourth-order valence-corrected chi connectivity index (χ4v) is 8.12. The topological polar surface area (TPSA) is 61.3 Å². The lowest BCUT2D eigenvalue weighted by Crippen LogP contribution is -2.00. The number of aromatic nitrogens is 2. The molecule has 0 aromatic carbocycles. The van der Waals surface area contributed by atoms with Crippen LogP contribution in [0.3, 0.4) is 0 Å². The molecule has 0 N–H and O–H groups in total. The quantitative estimate of drug-likeness (QED) is 0.421. The molecule has 0 aliphatic carbocycles. The zero-order valence-electron chi connectivity index (χ0n) is 12.4. The van der Waals surface area contributed by atoms with Crippen LogP contribution in [0.4, 0.5) is 0 Å². The Hall–Kier alpha value is 0.0600. The first-order valence-electron chi connectivity index (χ1n) is 6.72. The number of nitrogens with zero attached hydrogens (tertiary/aromatic N) is 2. The Bertz CT molecular complexity index is 494. The van der Waals surface area contributed by atoms with Crippen LogP contribution in [0.5, 0.6) is 6.01 Å². The van der Waals surface area contributed by atoms with E-state index in [0.717, 1.165) is 12.2 Å². The van der Waals surface area contributed by atoms with E-state index in [4.69, 9.17) is 20.9 Å². The van der Waals surface area contributed by atoms with Crippen LogP contribution < -0.4 is 4.74 Å². The van der Waals surface area contributed by atoms with Crippen LogP contribution in [0.2, 0.25) is 5.15 Å². The average molecular weight is 371 g/mol. The molecule has 0 aliphatic heterocycles. The summed E-state index contributed by atoms with van der Waals surface area (Å²) in [5.41, 5.74) is 0.681. The minimum absolute atomic E-state index is 0.244. The van der Waals surface area contributed by atoms with Crippen molar-refractivity contribution in [2.75, 3.05) is 19.0 Å². The van der Waals surface area contributed by atoms with Crippen LogP contribution in [0.15, 0.2) is 6.07 Å². The molecule has 9 heteroatoms. The molecule has 1 aromatic rings. The number of hydrogen-bond acceptors (Lipinski definition) is 7. The minimum Gasteiger partial charge on any atom is -0.464 e. The van der Waals surface area contributed by atoms with Crippen LogP contribution in [0.1, 0.15) is 32.9 Å². The van der Waals surface area contributed by atoms with E-state index >= 15 is 0 Å². The molecule has 1 atom stereocenters. The second kappa shape index (κ2) is 9.95. The second-order valence-corrected chi connectivity index (χ2v) is 11.7. The van der Waals surface area contributed by atoms with Crippen molar-refractivity contribution in [2.24, 2.45) is 0 Å². The van der Waals surface area contributed by atoms with Crippen molar-refractivity contribution in [3.63, 3.8) is 0 Å². The first-order valence-corrected chi connectivity index (χ1v) is 11.9. The van der Waals surface area contributed by atoms with E-state index in [1.807, 2.05) is 20.8 Å². The van der Waals surface area contributed by atoms with Crippen molar-refractivity contribution in [3.8, 4) is 6.01 Å². The van der Waals surface area contributed by atoms with E-state index in [2.05, 4.69) is 9.97 Å². The third-order valence-corrected chi connectivity index (χ3v) is 9.89. The third-order valence-electron chi connectivity index (χ3n) is 2.11. The maximum atomic E-state index is 12.6. The number of ether oxygens (including phenoxy) is 1. The molecule has 120 valence electrons. The van der Waals surface area contributed by atoms with Crippen LogP contribution in [-0.2, 0) is 14.8 Å². The summed E-state index contributed by atoms with van der Waals surface area (Å²) < 4.78 is 23.3. The lowest BCUT2D eigenvalue weighted by atomic mass is 10.5. The van der Waals surface area contributed by atoms with Gasteiger partial charge in [-0.25, -0.2) is 0 Å². The highest BCUT2D eigenvalue weighted by Gasteiger charge is 2.24. The monoisotopic (exact) mass is 370 g/mol. The molecule has 21 heavy (non-hydrogen) atoms. The molecule has 1 aromatic heterocycles. The Morgan fingerprint density at radius 2 is 2.00 bits per heavy atom. The average Bonchev–Trinajstić information content (AvgIpc) is 2.43. The lowest BCUT2D eigenvalue weighted by molar-refractivity contribution is 0.311. The predicted molar refractivity (Wildman–Crippen MR) is 91.5 cm³/mol.